The summed E-state index contributed by atoms with van der Waals surface area (Å²) in [6, 6.07) is 28.5. The first-order valence-corrected chi connectivity index (χ1v) is 15.0. The fourth-order valence-corrected chi connectivity index (χ4v) is 5.11. The van der Waals surface area contributed by atoms with E-state index < -0.39 is 23.2 Å². The molecular formula is C38H24N2O10. The van der Waals surface area contributed by atoms with E-state index in [2.05, 4.69) is 9.97 Å². The highest BCUT2D eigenvalue weighted by Gasteiger charge is 2.19. The summed E-state index contributed by atoms with van der Waals surface area (Å²) in [6.45, 7) is 0. The number of aromatic nitrogens is 2. The lowest BCUT2D eigenvalue weighted by Gasteiger charge is -2.12. The molecule has 2 aromatic heterocycles. The summed E-state index contributed by atoms with van der Waals surface area (Å²) >= 11 is 0. The minimum Gasteiger partial charge on any atom is -0.493 e. The van der Waals surface area contributed by atoms with Crippen molar-refractivity contribution in [2.24, 2.45) is 0 Å². The molecule has 0 saturated carbocycles. The van der Waals surface area contributed by atoms with Gasteiger partial charge in [-0.25, -0.2) is 29.1 Å². The van der Waals surface area contributed by atoms with Gasteiger partial charge in [-0.15, -0.1) is 0 Å². The number of esters is 2. The molecule has 5 aromatic carbocycles. The third-order valence-electron chi connectivity index (χ3n) is 7.65. The Balaban J connectivity index is 1.05. The van der Waals surface area contributed by atoms with Crippen molar-refractivity contribution in [1.29, 1.82) is 0 Å². The molecule has 0 unspecified atom stereocenters. The lowest BCUT2D eigenvalue weighted by molar-refractivity contribution is 0.0716. The van der Waals surface area contributed by atoms with Gasteiger partial charge in [0, 0.05) is 11.1 Å². The van der Waals surface area contributed by atoms with Gasteiger partial charge in [-0.3, -0.25) is 0 Å². The molecule has 0 saturated heterocycles. The molecule has 0 fully saturated rings. The van der Waals surface area contributed by atoms with Crippen LogP contribution in [-0.4, -0.2) is 36.1 Å². The summed E-state index contributed by atoms with van der Waals surface area (Å²) in [5.41, 5.74) is 1.07. The Labute approximate surface area is 282 Å². The maximum absolute atomic E-state index is 13.0. The molecule has 0 aliphatic rings. The third-order valence-corrected chi connectivity index (χ3v) is 7.65. The fourth-order valence-electron chi connectivity index (χ4n) is 5.11. The molecule has 7 aromatic rings. The van der Waals surface area contributed by atoms with E-state index in [1.807, 2.05) is 0 Å². The van der Waals surface area contributed by atoms with E-state index in [-0.39, 0.29) is 45.9 Å². The average molecular weight is 669 g/mol. The van der Waals surface area contributed by atoms with Crippen LogP contribution < -0.4 is 30.2 Å². The van der Waals surface area contributed by atoms with Gasteiger partial charge in [-0.05, 0) is 84.9 Å². The number of ether oxygens (including phenoxy) is 4. The lowest BCUT2D eigenvalue weighted by Crippen LogP contribution is -2.12. The zero-order valence-corrected chi connectivity index (χ0v) is 26.4. The Morgan fingerprint density at radius 1 is 0.520 bits per heavy atom. The number of carbonyl (C=O) groups excluding carboxylic acids is 2. The molecule has 12 nitrogen and oxygen atoms in total. The van der Waals surface area contributed by atoms with E-state index in [9.17, 15) is 19.2 Å². The normalized spacial score (nSPS) is 10.9. The van der Waals surface area contributed by atoms with Gasteiger partial charge in [0.05, 0.1) is 47.2 Å². The molecule has 7 rings (SSSR count). The Morgan fingerprint density at radius 2 is 0.920 bits per heavy atom. The highest BCUT2D eigenvalue weighted by Crippen LogP contribution is 2.34. The monoisotopic (exact) mass is 668 g/mol. The molecule has 0 N–H and O–H groups in total. The van der Waals surface area contributed by atoms with Crippen LogP contribution in [0.25, 0.3) is 44.7 Å². The molecule has 0 bridgehead atoms. The van der Waals surface area contributed by atoms with Gasteiger partial charge in [0.15, 0.2) is 23.0 Å². The number of hydrogen-bond donors (Lipinski definition) is 0. The summed E-state index contributed by atoms with van der Waals surface area (Å²) in [4.78, 5) is 59.7. The standard InChI is InChI=1S/C38H24N2O10/c1-45-31-19-23(33-39-27-9-5-3-7-25(27)37(43)49-33)15-17-29(31)47-35(41)21-11-13-22(14-12-21)36(42)48-30-18-16-24(20-32(30)46-2)34-40-28-10-6-4-8-26(28)38(44)50-34/h3-20H,1-2H3. The van der Waals surface area contributed by atoms with E-state index in [0.29, 0.717) is 32.9 Å². The Kier molecular flexibility index (Phi) is 8.32. The highest BCUT2D eigenvalue weighted by atomic mass is 16.6. The number of methoxy groups -OCH3 is 2. The molecule has 50 heavy (non-hydrogen) atoms. The number of nitrogens with zero attached hydrogens (tertiary/aromatic N) is 2. The molecule has 0 amide bonds. The van der Waals surface area contributed by atoms with Gasteiger partial charge in [0.1, 0.15) is 0 Å². The van der Waals surface area contributed by atoms with Crippen LogP contribution in [0.1, 0.15) is 20.7 Å². The SMILES string of the molecule is COc1cc(-c2nc3ccccc3c(=O)o2)ccc1OC(=O)c1ccc(C(=O)Oc2ccc(-c3nc4ccccc4c(=O)o3)cc2OC)cc1. The van der Waals surface area contributed by atoms with Crippen LogP contribution in [0.2, 0.25) is 0 Å². The van der Waals surface area contributed by atoms with E-state index in [0.717, 1.165) is 0 Å². The predicted octanol–water partition coefficient (Wildman–Crippen LogP) is 6.48. The van der Waals surface area contributed by atoms with Gasteiger partial charge in [0.25, 0.3) is 0 Å². The van der Waals surface area contributed by atoms with Crippen LogP contribution in [0, 0.1) is 0 Å². The van der Waals surface area contributed by atoms with Crippen molar-refractivity contribution < 1.29 is 37.4 Å². The summed E-state index contributed by atoms with van der Waals surface area (Å²) in [5.74, 6) is -0.634. The molecule has 12 heteroatoms. The maximum atomic E-state index is 13.0. The van der Waals surface area contributed by atoms with E-state index >= 15 is 0 Å². The molecule has 2 heterocycles. The number of fused-ring (bicyclic) bond motifs is 2. The van der Waals surface area contributed by atoms with Crippen LogP contribution in [0.4, 0.5) is 0 Å². The van der Waals surface area contributed by atoms with Crippen molar-refractivity contribution in [3.8, 4) is 45.9 Å². The van der Waals surface area contributed by atoms with Crippen molar-refractivity contribution in [2.45, 2.75) is 0 Å². The van der Waals surface area contributed by atoms with Gasteiger partial charge in [0.2, 0.25) is 11.8 Å². The van der Waals surface area contributed by atoms with Crippen LogP contribution in [-0.2, 0) is 0 Å². The van der Waals surface area contributed by atoms with Gasteiger partial charge < -0.3 is 27.8 Å². The Morgan fingerprint density at radius 3 is 1.32 bits per heavy atom. The van der Waals surface area contributed by atoms with E-state index in [1.165, 1.54) is 62.8 Å². The minimum absolute atomic E-state index is 0.0798. The molecule has 0 aliphatic carbocycles. The summed E-state index contributed by atoms with van der Waals surface area (Å²) in [5, 5.41) is 0.712. The topological polar surface area (TPSA) is 157 Å². The summed E-state index contributed by atoms with van der Waals surface area (Å²) < 4.78 is 32.8. The molecule has 246 valence electrons. The summed E-state index contributed by atoms with van der Waals surface area (Å²) in [6.07, 6.45) is 0. The highest BCUT2D eigenvalue weighted by molar-refractivity contribution is 5.95. The zero-order valence-electron chi connectivity index (χ0n) is 26.4. The smallest absolute Gasteiger partial charge is 0.347 e. The average Bonchev–Trinajstić information content (AvgIpc) is 3.15. The van der Waals surface area contributed by atoms with Crippen LogP contribution in [0.15, 0.2) is 128 Å². The minimum atomic E-state index is -0.711. The first kappa shape index (κ1) is 31.5. The molecule has 0 atom stereocenters. The van der Waals surface area contributed by atoms with E-state index in [1.54, 1.807) is 60.7 Å². The van der Waals surface area contributed by atoms with Crippen molar-refractivity contribution in [2.75, 3.05) is 14.2 Å². The third kappa shape index (κ3) is 6.16. The first-order chi connectivity index (χ1) is 24.3. The molecule has 0 spiro atoms. The van der Waals surface area contributed by atoms with Gasteiger partial charge in [-0.1, -0.05) is 24.3 Å². The Bertz CT molecular complexity index is 2380. The summed E-state index contributed by atoms with van der Waals surface area (Å²) in [7, 11) is 2.81. The quantitative estimate of drug-likeness (QED) is 0.128. The number of para-hydroxylation sites is 2. The van der Waals surface area contributed by atoms with Crippen LogP contribution in [0.3, 0.4) is 0 Å². The number of carbonyl (C=O) groups is 2. The van der Waals surface area contributed by atoms with Crippen molar-refractivity contribution in [3.63, 3.8) is 0 Å². The Hall–Kier alpha value is -7.08. The molecular weight excluding hydrogens is 644 g/mol. The second-order valence-electron chi connectivity index (χ2n) is 10.7. The number of rotatable bonds is 8. The van der Waals surface area contributed by atoms with Crippen molar-refractivity contribution in [3.05, 3.63) is 141 Å². The number of hydrogen-bond acceptors (Lipinski definition) is 12. The molecule has 0 radical (unpaired) electrons. The van der Waals surface area contributed by atoms with Crippen molar-refractivity contribution >= 4 is 33.7 Å². The number of benzene rings is 5. The fraction of sp³-hybridized carbons (Fsp3) is 0.0526. The second-order valence-corrected chi connectivity index (χ2v) is 10.7. The zero-order chi connectivity index (χ0) is 34.8. The molecule has 0 aliphatic heterocycles. The first-order valence-electron chi connectivity index (χ1n) is 15.0. The largest absolute Gasteiger partial charge is 0.493 e. The maximum Gasteiger partial charge on any atom is 0.347 e. The van der Waals surface area contributed by atoms with Crippen LogP contribution in [0.5, 0.6) is 23.0 Å². The lowest BCUT2D eigenvalue weighted by atomic mass is 10.1. The van der Waals surface area contributed by atoms with Gasteiger partial charge >= 0.3 is 23.2 Å². The van der Waals surface area contributed by atoms with Gasteiger partial charge in [-0.2, -0.15) is 0 Å². The van der Waals surface area contributed by atoms with Crippen LogP contribution >= 0.6 is 0 Å². The predicted molar refractivity (Wildman–Crippen MR) is 181 cm³/mol. The van der Waals surface area contributed by atoms with E-state index in [4.69, 9.17) is 27.8 Å². The van der Waals surface area contributed by atoms with Crippen molar-refractivity contribution in [1.82, 2.24) is 9.97 Å². The second kappa shape index (κ2) is 13.2.